The van der Waals surface area contributed by atoms with Crippen molar-refractivity contribution in [3.05, 3.63) is 52.3 Å². The van der Waals surface area contributed by atoms with E-state index < -0.39 is 0 Å². The van der Waals surface area contributed by atoms with Gasteiger partial charge in [-0.25, -0.2) is 0 Å². The average Bonchev–Trinajstić information content (AvgIpc) is 2.90. The number of carbonyl (C=O) groups excluding carboxylic acids is 1. The number of hydrogen-bond donors (Lipinski definition) is 0. The molecule has 3 rings (SSSR count). The maximum absolute atomic E-state index is 12.8. The predicted octanol–water partition coefficient (Wildman–Crippen LogP) is 4.34. The van der Waals surface area contributed by atoms with Crippen molar-refractivity contribution in [3.63, 3.8) is 0 Å². The number of Topliss-reactive ketones (excluding diaryl/α,β-unsaturated/α-hetero) is 1. The highest BCUT2D eigenvalue weighted by atomic mass is 35.5. The number of piperazine rings is 1. The molecular weight excluding hydrogens is 346 g/mol. The summed E-state index contributed by atoms with van der Waals surface area (Å²) in [6, 6.07) is 10.4. The maximum atomic E-state index is 12.8. The summed E-state index contributed by atoms with van der Waals surface area (Å²) in [5.41, 5.74) is 4.27. The van der Waals surface area contributed by atoms with Crippen molar-refractivity contribution >= 4 is 23.1 Å². The van der Waals surface area contributed by atoms with Gasteiger partial charge in [-0.05, 0) is 52.0 Å². The van der Waals surface area contributed by atoms with Gasteiger partial charge in [0.05, 0.1) is 6.54 Å². The number of rotatable bonds is 5. The van der Waals surface area contributed by atoms with Crippen molar-refractivity contribution < 1.29 is 4.79 Å². The molecule has 5 heteroatoms. The molecule has 1 aliphatic heterocycles. The van der Waals surface area contributed by atoms with Gasteiger partial charge in [-0.1, -0.05) is 17.7 Å². The predicted molar refractivity (Wildman–Crippen MR) is 109 cm³/mol. The van der Waals surface area contributed by atoms with Gasteiger partial charge < -0.3 is 9.47 Å². The lowest BCUT2D eigenvalue weighted by Crippen LogP contribution is -2.48. The van der Waals surface area contributed by atoms with Crippen LogP contribution >= 0.6 is 11.6 Å². The fraction of sp³-hybridized carbons (Fsp3) is 0.476. The normalized spacial score (nSPS) is 15.7. The number of anilines is 1. The summed E-state index contributed by atoms with van der Waals surface area (Å²) in [4.78, 5) is 17.4. The van der Waals surface area contributed by atoms with Crippen molar-refractivity contribution in [3.8, 4) is 0 Å². The summed E-state index contributed by atoms with van der Waals surface area (Å²) < 4.78 is 2.24. The van der Waals surface area contributed by atoms with E-state index >= 15 is 0 Å². The highest BCUT2D eigenvalue weighted by Crippen LogP contribution is 2.22. The van der Waals surface area contributed by atoms with Crippen LogP contribution in [0.1, 0.15) is 41.6 Å². The molecule has 0 aliphatic carbocycles. The van der Waals surface area contributed by atoms with Crippen LogP contribution in [0.3, 0.4) is 0 Å². The van der Waals surface area contributed by atoms with E-state index in [0.717, 1.165) is 53.8 Å². The summed E-state index contributed by atoms with van der Waals surface area (Å²) in [6.45, 7) is 12.5. The molecule has 0 bridgehead atoms. The number of aromatic nitrogens is 1. The van der Waals surface area contributed by atoms with Gasteiger partial charge in [0.2, 0.25) is 0 Å². The van der Waals surface area contributed by atoms with Gasteiger partial charge in [0.15, 0.2) is 5.78 Å². The quantitative estimate of drug-likeness (QED) is 0.730. The molecule has 0 unspecified atom stereocenters. The minimum Gasteiger partial charge on any atom is -0.369 e. The zero-order chi connectivity index (χ0) is 18.8. The molecule has 1 fully saturated rings. The standard InChI is InChI=1S/C21H28ClN3O/c1-15(2)25-16(3)12-20(17(25)4)21(26)14-23-8-10-24(11-9-23)19-7-5-6-18(22)13-19/h5-7,12-13,15H,8-11,14H2,1-4H3. The second-order valence-corrected chi connectivity index (χ2v) is 7.85. The summed E-state index contributed by atoms with van der Waals surface area (Å²) in [5, 5.41) is 0.764. The molecule has 4 nitrogen and oxygen atoms in total. The minimum atomic E-state index is 0.223. The second-order valence-electron chi connectivity index (χ2n) is 7.41. The van der Waals surface area contributed by atoms with E-state index in [1.54, 1.807) is 0 Å². The lowest BCUT2D eigenvalue weighted by atomic mass is 10.1. The highest BCUT2D eigenvalue weighted by molar-refractivity contribution is 6.30. The topological polar surface area (TPSA) is 28.5 Å². The van der Waals surface area contributed by atoms with Crippen molar-refractivity contribution in [1.29, 1.82) is 0 Å². The SMILES string of the molecule is Cc1cc(C(=O)CN2CCN(c3cccc(Cl)c3)CC2)c(C)n1C(C)C. The van der Waals surface area contributed by atoms with Crippen LogP contribution in [0.4, 0.5) is 5.69 Å². The molecule has 0 amide bonds. The Kier molecular flexibility index (Phi) is 5.73. The lowest BCUT2D eigenvalue weighted by molar-refractivity contribution is 0.0925. The average molecular weight is 374 g/mol. The van der Waals surface area contributed by atoms with Gasteiger partial charge in [-0.15, -0.1) is 0 Å². The van der Waals surface area contributed by atoms with Gasteiger partial charge >= 0.3 is 0 Å². The van der Waals surface area contributed by atoms with Crippen LogP contribution in [0.15, 0.2) is 30.3 Å². The van der Waals surface area contributed by atoms with Crippen LogP contribution in [0, 0.1) is 13.8 Å². The van der Waals surface area contributed by atoms with E-state index in [0.29, 0.717) is 12.6 Å². The molecule has 140 valence electrons. The Morgan fingerprint density at radius 2 is 1.81 bits per heavy atom. The van der Waals surface area contributed by atoms with Gasteiger partial charge in [0.25, 0.3) is 0 Å². The largest absolute Gasteiger partial charge is 0.369 e. The van der Waals surface area contributed by atoms with Gasteiger partial charge in [-0.2, -0.15) is 0 Å². The summed E-state index contributed by atoms with van der Waals surface area (Å²) >= 11 is 6.10. The van der Waals surface area contributed by atoms with Gasteiger partial charge in [0, 0.05) is 59.9 Å². The molecule has 1 aliphatic rings. The van der Waals surface area contributed by atoms with E-state index in [2.05, 4.69) is 48.1 Å². The Bertz CT molecular complexity index is 789. The smallest absolute Gasteiger partial charge is 0.178 e. The van der Waals surface area contributed by atoms with Crippen LogP contribution in [-0.2, 0) is 0 Å². The van der Waals surface area contributed by atoms with E-state index in [1.165, 1.54) is 0 Å². The Hall–Kier alpha value is -1.78. The fourth-order valence-corrected chi connectivity index (χ4v) is 4.16. The summed E-state index contributed by atoms with van der Waals surface area (Å²) in [5.74, 6) is 0.223. The number of aryl methyl sites for hydroxylation is 1. The Morgan fingerprint density at radius 3 is 2.38 bits per heavy atom. The van der Waals surface area contributed by atoms with Crippen LogP contribution in [0.2, 0.25) is 5.02 Å². The van der Waals surface area contributed by atoms with Crippen molar-refractivity contribution in [2.75, 3.05) is 37.6 Å². The van der Waals surface area contributed by atoms with E-state index in [9.17, 15) is 4.79 Å². The van der Waals surface area contributed by atoms with Crippen molar-refractivity contribution in [1.82, 2.24) is 9.47 Å². The molecular formula is C21H28ClN3O. The van der Waals surface area contributed by atoms with Crippen molar-refractivity contribution in [2.24, 2.45) is 0 Å². The van der Waals surface area contributed by atoms with Crippen LogP contribution in [-0.4, -0.2) is 48.0 Å². The lowest BCUT2D eigenvalue weighted by Gasteiger charge is -2.35. The molecule has 0 spiro atoms. The molecule has 2 aromatic rings. The summed E-state index contributed by atoms with van der Waals surface area (Å²) in [6.07, 6.45) is 0. The first-order chi connectivity index (χ1) is 12.4. The number of benzene rings is 1. The molecule has 1 saturated heterocycles. The molecule has 1 aromatic heterocycles. The number of carbonyl (C=O) groups is 1. The third-order valence-electron chi connectivity index (χ3n) is 5.21. The first kappa shape index (κ1) is 19.0. The number of halogens is 1. The van der Waals surface area contributed by atoms with E-state index in [4.69, 9.17) is 11.6 Å². The third-order valence-corrected chi connectivity index (χ3v) is 5.45. The molecule has 0 radical (unpaired) electrons. The monoisotopic (exact) mass is 373 g/mol. The molecule has 1 aromatic carbocycles. The second kappa shape index (κ2) is 7.85. The Morgan fingerprint density at radius 1 is 1.12 bits per heavy atom. The van der Waals surface area contributed by atoms with E-state index in [-0.39, 0.29) is 5.78 Å². The maximum Gasteiger partial charge on any atom is 0.178 e. The van der Waals surface area contributed by atoms with Crippen LogP contribution in [0.5, 0.6) is 0 Å². The molecule has 0 atom stereocenters. The number of nitrogens with zero attached hydrogens (tertiary/aromatic N) is 3. The van der Waals surface area contributed by atoms with Gasteiger partial charge in [0.1, 0.15) is 0 Å². The first-order valence-corrected chi connectivity index (χ1v) is 9.69. The van der Waals surface area contributed by atoms with E-state index in [1.807, 2.05) is 24.3 Å². The Labute approximate surface area is 161 Å². The third kappa shape index (κ3) is 3.97. The molecule has 26 heavy (non-hydrogen) atoms. The van der Waals surface area contributed by atoms with Gasteiger partial charge in [-0.3, -0.25) is 9.69 Å². The van der Waals surface area contributed by atoms with Crippen LogP contribution in [0.25, 0.3) is 0 Å². The minimum absolute atomic E-state index is 0.223. The summed E-state index contributed by atoms with van der Waals surface area (Å²) in [7, 11) is 0. The molecule has 0 saturated carbocycles. The van der Waals surface area contributed by atoms with Crippen molar-refractivity contribution in [2.45, 2.75) is 33.7 Å². The number of hydrogen-bond acceptors (Lipinski definition) is 3. The Balaban J connectivity index is 1.61. The zero-order valence-corrected chi connectivity index (χ0v) is 16.9. The fourth-order valence-electron chi connectivity index (χ4n) is 3.98. The number of ketones is 1. The molecule has 2 heterocycles. The van der Waals surface area contributed by atoms with Crippen LogP contribution < -0.4 is 4.90 Å². The highest BCUT2D eigenvalue weighted by Gasteiger charge is 2.22. The zero-order valence-electron chi connectivity index (χ0n) is 16.1. The first-order valence-electron chi connectivity index (χ1n) is 9.31. The molecule has 0 N–H and O–H groups in total.